The zero-order valence-electron chi connectivity index (χ0n) is 12.2. The Hall–Kier alpha value is -1.82. The van der Waals surface area contributed by atoms with Crippen LogP contribution in [0.1, 0.15) is 33.2 Å². The van der Waals surface area contributed by atoms with Crippen LogP contribution in [0.15, 0.2) is 23.1 Å². The molecule has 1 fully saturated rings. The first-order chi connectivity index (χ1) is 9.31. The minimum Gasteiger partial charge on any atom is -0.444 e. The van der Waals surface area contributed by atoms with Crippen molar-refractivity contribution in [1.29, 1.82) is 0 Å². The molecular formula is C14H20N2O4. The number of hydrogen-bond donors (Lipinski definition) is 1. The van der Waals surface area contributed by atoms with Gasteiger partial charge in [0.05, 0.1) is 12.1 Å². The summed E-state index contributed by atoms with van der Waals surface area (Å²) in [6, 6.07) is 3.33. The Morgan fingerprint density at radius 3 is 2.70 bits per heavy atom. The lowest BCUT2D eigenvalue weighted by Crippen LogP contribution is -2.30. The molecule has 1 N–H and O–H groups in total. The fourth-order valence-corrected chi connectivity index (χ4v) is 1.99. The van der Waals surface area contributed by atoms with Crippen LogP contribution in [-0.2, 0) is 9.47 Å². The first-order valence-electron chi connectivity index (χ1n) is 6.56. The highest BCUT2D eigenvalue weighted by molar-refractivity contribution is 5.84. The normalized spacial score (nSPS) is 21.4. The zero-order valence-corrected chi connectivity index (χ0v) is 12.2. The quantitative estimate of drug-likeness (QED) is 0.921. The highest BCUT2D eigenvalue weighted by atomic mass is 16.6. The summed E-state index contributed by atoms with van der Waals surface area (Å²) in [5.41, 5.74) is -0.637. The van der Waals surface area contributed by atoms with Crippen LogP contribution in [0, 0.1) is 0 Å². The monoisotopic (exact) mass is 280 g/mol. The van der Waals surface area contributed by atoms with Crippen LogP contribution >= 0.6 is 0 Å². The predicted octanol–water partition coefficient (Wildman–Crippen LogP) is 2.16. The van der Waals surface area contributed by atoms with Crippen molar-refractivity contribution in [3.05, 3.63) is 28.7 Å². The van der Waals surface area contributed by atoms with Crippen LogP contribution in [0.2, 0.25) is 0 Å². The van der Waals surface area contributed by atoms with Crippen molar-refractivity contribution in [1.82, 2.24) is 4.57 Å². The van der Waals surface area contributed by atoms with Crippen molar-refractivity contribution in [3.8, 4) is 0 Å². The van der Waals surface area contributed by atoms with Gasteiger partial charge < -0.3 is 14.0 Å². The van der Waals surface area contributed by atoms with E-state index in [1.165, 1.54) is 0 Å². The molecule has 1 aliphatic rings. The molecule has 0 bridgehead atoms. The van der Waals surface area contributed by atoms with Gasteiger partial charge in [-0.2, -0.15) is 0 Å². The van der Waals surface area contributed by atoms with E-state index >= 15 is 0 Å². The molecule has 1 saturated carbocycles. The number of hydrogen-bond acceptors (Lipinski definition) is 4. The second-order valence-corrected chi connectivity index (χ2v) is 5.84. The minimum absolute atomic E-state index is 0.0490. The number of anilines is 1. The van der Waals surface area contributed by atoms with Gasteiger partial charge in [0.15, 0.2) is 0 Å². The number of carbonyl (C=O) groups excluding carboxylic acids is 1. The van der Waals surface area contributed by atoms with Crippen LogP contribution in [0.25, 0.3) is 0 Å². The third kappa shape index (κ3) is 3.39. The zero-order chi connectivity index (χ0) is 14.9. The largest absolute Gasteiger partial charge is 0.444 e. The van der Waals surface area contributed by atoms with E-state index in [-0.39, 0.29) is 23.4 Å². The molecule has 0 saturated heterocycles. The summed E-state index contributed by atoms with van der Waals surface area (Å²) in [6.45, 7) is 5.30. The van der Waals surface area contributed by atoms with Crippen LogP contribution in [0.5, 0.6) is 0 Å². The van der Waals surface area contributed by atoms with Gasteiger partial charge in [-0.05, 0) is 39.3 Å². The van der Waals surface area contributed by atoms with Gasteiger partial charge in [-0.25, -0.2) is 4.79 Å². The molecule has 20 heavy (non-hydrogen) atoms. The molecule has 2 atom stereocenters. The molecule has 0 spiro atoms. The number of pyridine rings is 1. The minimum atomic E-state index is -0.633. The lowest BCUT2D eigenvalue weighted by atomic mass is 10.2. The van der Waals surface area contributed by atoms with Gasteiger partial charge in [-0.1, -0.05) is 0 Å². The summed E-state index contributed by atoms with van der Waals surface area (Å²) in [7, 11) is 1.62. The Balaban J connectivity index is 2.12. The molecule has 0 radical (unpaired) electrons. The molecule has 6 nitrogen and oxygen atoms in total. The summed E-state index contributed by atoms with van der Waals surface area (Å²) in [5, 5.41) is 2.49. The predicted molar refractivity (Wildman–Crippen MR) is 75.0 cm³/mol. The fourth-order valence-electron chi connectivity index (χ4n) is 1.99. The molecule has 1 aliphatic carbocycles. The molecule has 1 aromatic rings. The van der Waals surface area contributed by atoms with E-state index in [1.807, 2.05) is 0 Å². The van der Waals surface area contributed by atoms with Crippen molar-refractivity contribution >= 4 is 11.8 Å². The summed E-state index contributed by atoms with van der Waals surface area (Å²) in [4.78, 5) is 23.9. The van der Waals surface area contributed by atoms with E-state index in [0.29, 0.717) is 0 Å². The Morgan fingerprint density at radius 2 is 2.15 bits per heavy atom. The number of amides is 1. The van der Waals surface area contributed by atoms with Gasteiger partial charge in [0.2, 0.25) is 0 Å². The third-order valence-electron chi connectivity index (χ3n) is 2.97. The molecule has 110 valence electrons. The number of nitrogens with zero attached hydrogens (tertiary/aromatic N) is 1. The molecular weight excluding hydrogens is 260 g/mol. The Bertz CT molecular complexity index is 559. The van der Waals surface area contributed by atoms with Gasteiger partial charge in [0.1, 0.15) is 11.3 Å². The van der Waals surface area contributed by atoms with Gasteiger partial charge in [0, 0.05) is 13.3 Å². The first kappa shape index (κ1) is 14.6. The average Bonchev–Trinajstić information content (AvgIpc) is 3.08. The van der Waals surface area contributed by atoms with Crippen molar-refractivity contribution in [2.45, 2.75) is 44.9 Å². The van der Waals surface area contributed by atoms with Crippen LogP contribution in [0.4, 0.5) is 10.5 Å². The lowest BCUT2D eigenvalue weighted by molar-refractivity contribution is 0.0635. The highest BCUT2D eigenvalue weighted by Crippen LogP contribution is 2.37. The van der Waals surface area contributed by atoms with Crippen molar-refractivity contribution < 1.29 is 14.3 Å². The van der Waals surface area contributed by atoms with E-state index < -0.39 is 11.7 Å². The Labute approximate surface area is 117 Å². The summed E-state index contributed by atoms with van der Waals surface area (Å²) in [5.74, 6) is 0. The van der Waals surface area contributed by atoms with Crippen LogP contribution < -0.4 is 10.9 Å². The smallest absolute Gasteiger partial charge is 0.412 e. The third-order valence-corrected chi connectivity index (χ3v) is 2.97. The van der Waals surface area contributed by atoms with Crippen LogP contribution in [0.3, 0.4) is 0 Å². The second kappa shape index (κ2) is 5.28. The molecule has 0 aliphatic heterocycles. The maximum atomic E-state index is 12.3. The van der Waals surface area contributed by atoms with Crippen LogP contribution in [-0.4, -0.2) is 29.5 Å². The topological polar surface area (TPSA) is 69.6 Å². The highest BCUT2D eigenvalue weighted by Gasteiger charge is 2.39. The van der Waals surface area contributed by atoms with E-state index in [0.717, 1.165) is 6.42 Å². The molecule has 6 heteroatoms. The van der Waals surface area contributed by atoms with E-state index in [1.54, 1.807) is 50.8 Å². The maximum absolute atomic E-state index is 12.3. The Morgan fingerprint density at radius 1 is 1.45 bits per heavy atom. The van der Waals surface area contributed by atoms with Crippen molar-refractivity contribution in [2.24, 2.45) is 0 Å². The number of nitrogens with one attached hydrogen (secondary N) is 1. The first-order valence-corrected chi connectivity index (χ1v) is 6.56. The fraction of sp³-hybridized carbons (Fsp3) is 0.571. The number of rotatable bonds is 3. The number of methoxy groups -OCH3 is 1. The lowest BCUT2D eigenvalue weighted by Gasteiger charge is -2.19. The molecule has 1 aromatic heterocycles. The summed E-state index contributed by atoms with van der Waals surface area (Å²) in [6.07, 6.45) is 1.95. The summed E-state index contributed by atoms with van der Waals surface area (Å²) < 4.78 is 11.9. The van der Waals surface area contributed by atoms with E-state index in [4.69, 9.17) is 9.47 Å². The number of carbonyl (C=O) groups is 1. The maximum Gasteiger partial charge on any atom is 0.412 e. The van der Waals surface area contributed by atoms with E-state index in [2.05, 4.69) is 5.32 Å². The summed E-state index contributed by atoms with van der Waals surface area (Å²) >= 11 is 0. The Kier molecular flexibility index (Phi) is 3.85. The molecule has 1 amide bonds. The average molecular weight is 280 g/mol. The molecule has 0 unspecified atom stereocenters. The van der Waals surface area contributed by atoms with Gasteiger partial charge in [-0.15, -0.1) is 0 Å². The number of ether oxygens (including phenoxy) is 2. The van der Waals surface area contributed by atoms with Crippen molar-refractivity contribution in [3.63, 3.8) is 0 Å². The van der Waals surface area contributed by atoms with Gasteiger partial charge in [-0.3, -0.25) is 10.1 Å². The van der Waals surface area contributed by atoms with Crippen molar-refractivity contribution in [2.75, 3.05) is 12.4 Å². The van der Waals surface area contributed by atoms with Gasteiger partial charge in [0.25, 0.3) is 5.56 Å². The SMILES string of the molecule is CO[C@H]1C[C@@H]1n1cccc(NC(=O)OC(C)(C)C)c1=O. The molecule has 1 heterocycles. The second-order valence-electron chi connectivity index (χ2n) is 5.84. The number of aromatic nitrogens is 1. The molecule has 2 rings (SSSR count). The molecule has 0 aromatic carbocycles. The van der Waals surface area contributed by atoms with E-state index in [9.17, 15) is 9.59 Å². The standard InChI is InChI=1S/C14H20N2O4/c1-14(2,3)20-13(18)15-9-6-5-7-16(12(9)17)10-8-11(10)19-4/h5-7,10-11H,8H2,1-4H3,(H,15,18)/t10-,11-/m0/s1. The van der Waals surface area contributed by atoms with Gasteiger partial charge >= 0.3 is 6.09 Å².